The molecule has 5 nitrogen and oxygen atoms in total. The third-order valence-corrected chi connectivity index (χ3v) is 6.19. The number of benzene rings is 3. The topological polar surface area (TPSA) is 75.3 Å². The molecule has 1 amide bonds. The number of carbonyl (C=O) groups is 1. The van der Waals surface area contributed by atoms with Gasteiger partial charge < -0.3 is 5.32 Å². The van der Waals surface area contributed by atoms with Crippen LogP contribution in [0.15, 0.2) is 70.0 Å². The number of aryl methyl sites for hydroxylation is 1. The van der Waals surface area contributed by atoms with Crippen molar-refractivity contribution in [2.75, 3.05) is 11.9 Å². The van der Waals surface area contributed by atoms with E-state index in [4.69, 9.17) is 0 Å². The van der Waals surface area contributed by atoms with E-state index >= 15 is 0 Å². The Labute approximate surface area is 167 Å². The number of carbonyl (C=O) groups excluding carboxylic acids is 1. The summed E-state index contributed by atoms with van der Waals surface area (Å²) in [6.45, 7) is 1.97. The van der Waals surface area contributed by atoms with Crippen LogP contribution in [0.3, 0.4) is 0 Å². The van der Waals surface area contributed by atoms with Gasteiger partial charge in [-0.05, 0) is 63.5 Å². The van der Waals surface area contributed by atoms with E-state index in [-0.39, 0.29) is 23.8 Å². The van der Waals surface area contributed by atoms with Crippen LogP contribution in [-0.2, 0) is 14.8 Å². The fourth-order valence-electron chi connectivity index (χ4n) is 2.65. The number of amides is 1. The molecule has 140 valence electrons. The molecular formula is C20H19BrN2O3S. The van der Waals surface area contributed by atoms with Gasteiger partial charge in [0.1, 0.15) is 0 Å². The molecule has 0 fully saturated rings. The lowest BCUT2D eigenvalue weighted by atomic mass is 10.1. The highest BCUT2D eigenvalue weighted by Crippen LogP contribution is 2.23. The van der Waals surface area contributed by atoms with Crippen LogP contribution >= 0.6 is 15.9 Å². The molecule has 3 rings (SSSR count). The van der Waals surface area contributed by atoms with E-state index in [0.717, 1.165) is 20.8 Å². The van der Waals surface area contributed by atoms with Gasteiger partial charge in [-0.1, -0.05) is 36.4 Å². The highest BCUT2D eigenvalue weighted by Gasteiger charge is 2.15. The Morgan fingerprint density at radius 3 is 2.48 bits per heavy atom. The maximum absolute atomic E-state index is 12.5. The summed E-state index contributed by atoms with van der Waals surface area (Å²) in [5, 5.41) is 4.59. The molecule has 0 aliphatic heterocycles. The van der Waals surface area contributed by atoms with E-state index in [1.54, 1.807) is 24.3 Å². The number of anilines is 1. The first-order chi connectivity index (χ1) is 12.8. The molecule has 0 spiro atoms. The van der Waals surface area contributed by atoms with E-state index in [1.807, 2.05) is 43.3 Å². The summed E-state index contributed by atoms with van der Waals surface area (Å²) < 4.78 is 28.2. The van der Waals surface area contributed by atoms with Crippen molar-refractivity contribution >= 4 is 48.3 Å². The number of halogens is 1. The van der Waals surface area contributed by atoms with Gasteiger partial charge >= 0.3 is 0 Å². The fraction of sp³-hybridized carbons (Fsp3) is 0.150. The Morgan fingerprint density at radius 2 is 1.74 bits per heavy atom. The number of nitrogens with one attached hydrogen (secondary N) is 2. The molecule has 0 aliphatic rings. The molecule has 27 heavy (non-hydrogen) atoms. The van der Waals surface area contributed by atoms with E-state index in [1.165, 1.54) is 0 Å². The third kappa shape index (κ3) is 4.94. The molecule has 0 aliphatic carbocycles. The standard InChI is InChI=1S/C20H19BrN2O3S/c1-14-6-9-19(18(21)12-14)23-20(24)10-11-22-27(25,26)17-8-7-15-4-2-3-5-16(15)13-17/h2-9,12-13,22H,10-11H2,1H3,(H,23,24). The quantitative estimate of drug-likeness (QED) is 0.594. The average molecular weight is 447 g/mol. The van der Waals surface area contributed by atoms with Crippen molar-refractivity contribution in [3.05, 3.63) is 70.7 Å². The van der Waals surface area contributed by atoms with Gasteiger partial charge in [-0.3, -0.25) is 4.79 Å². The summed E-state index contributed by atoms with van der Waals surface area (Å²) >= 11 is 3.40. The zero-order chi connectivity index (χ0) is 19.4. The second kappa shape index (κ2) is 8.21. The number of sulfonamides is 1. The predicted molar refractivity (Wildman–Crippen MR) is 111 cm³/mol. The van der Waals surface area contributed by atoms with Crippen LogP contribution in [-0.4, -0.2) is 20.9 Å². The molecule has 0 unspecified atom stereocenters. The summed E-state index contributed by atoms with van der Waals surface area (Å²) in [5.41, 5.74) is 1.73. The van der Waals surface area contributed by atoms with Crippen LogP contribution in [0.2, 0.25) is 0 Å². The van der Waals surface area contributed by atoms with Crippen LogP contribution in [0.25, 0.3) is 10.8 Å². The van der Waals surface area contributed by atoms with Crippen LogP contribution in [0.5, 0.6) is 0 Å². The van der Waals surface area contributed by atoms with Crippen molar-refractivity contribution in [1.29, 1.82) is 0 Å². The monoisotopic (exact) mass is 446 g/mol. The molecule has 0 saturated heterocycles. The molecule has 0 saturated carbocycles. The number of fused-ring (bicyclic) bond motifs is 1. The Bertz CT molecular complexity index is 1100. The predicted octanol–water partition coefficient (Wildman–Crippen LogP) is 4.22. The van der Waals surface area contributed by atoms with E-state index < -0.39 is 10.0 Å². The molecule has 0 radical (unpaired) electrons. The number of hydrogen-bond donors (Lipinski definition) is 2. The van der Waals surface area contributed by atoms with Crippen LogP contribution < -0.4 is 10.0 Å². The van der Waals surface area contributed by atoms with Gasteiger partial charge in [0.25, 0.3) is 0 Å². The maximum atomic E-state index is 12.5. The van der Waals surface area contributed by atoms with Crippen LogP contribution in [0.4, 0.5) is 5.69 Å². The third-order valence-electron chi connectivity index (χ3n) is 4.07. The second-order valence-electron chi connectivity index (χ2n) is 6.19. The lowest BCUT2D eigenvalue weighted by Gasteiger charge is -2.10. The second-order valence-corrected chi connectivity index (χ2v) is 8.81. The molecule has 2 N–H and O–H groups in total. The van der Waals surface area contributed by atoms with Gasteiger partial charge in [-0.15, -0.1) is 0 Å². The molecule has 3 aromatic rings. The summed E-state index contributed by atoms with van der Waals surface area (Å²) in [6, 6.07) is 18.1. The number of hydrogen-bond acceptors (Lipinski definition) is 3. The fourth-order valence-corrected chi connectivity index (χ4v) is 4.31. The van der Waals surface area contributed by atoms with E-state index in [0.29, 0.717) is 5.69 Å². The van der Waals surface area contributed by atoms with Crippen LogP contribution in [0, 0.1) is 6.92 Å². The molecule has 0 atom stereocenters. The summed E-state index contributed by atoms with van der Waals surface area (Å²) in [7, 11) is -3.67. The van der Waals surface area contributed by atoms with Crippen LogP contribution in [0.1, 0.15) is 12.0 Å². The van der Waals surface area contributed by atoms with Gasteiger partial charge in [0.2, 0.25) is 15.9 Å². The van der Waals surface area contributed by atoms with Crippen molar-refractivity contribution in [3.8, 4) is 0 Å². The largest absolute Gasteiger partial charge is 0.325 e. The average Bonchev–Trinajstić information content (AvgIpc) is 2.63. The highest BCUT2D eigenvalue weighted by molar-refractivity contribution is 9.10. The first-order valence-corrected chi connectivity index (χ1v) is 10.7. The lowest BCUT2D eigenvalue weighted by Crippen LogP contribution is -2.27. The Morgan fingerprint density at radius 1 is 1.00 bits per heavy atom. The molecule has 7 heteroatoms. The first-order valence-electron chi connectivity index (χ1n) is 8.40. The minimum absolute atomic E-state index is 0.0183. The van der Waals surface area contributed by atoms with Crippen molar-refractivity contribution in [3.63, 3.8) is 0 Å². The molecule has 0 heterocycles. The Kier molecular flexibility index (Phi) is 5.94. The zero-order valence-electron chi connectivity index (χ0n) is 14.7. The van der Waals surface area contributed by atoms with Gasteiger partial charge in [-0.25, -0.2) is 13.1 Å². The van der Waals surface area contributed by atoms with Gasteiger partial charge in [0.15, 0.2) is 0 Å². The van der Waals surface area contributed by atoms with Crippen molar-refractivity contribution in [2.24, 2.45) is 0 Å². The smallest absolute Gasteiger partial charge is 0.240 e. The van der Waals surface area contributed by atoms with Crippen molar-refractivity contribution < 1.29 is 13.2 Å². The van der Waals surface area contributed by atoms with Crippen molar-refractivity contribution in [1.82, 2.24) is 4.72 Å². The normalized spacial score (nSPS) is 11.5. The zero-order valence-corrected chi connectivity index (χ0v) is 17.1. The van der Waals surface area contributed by atoms with Gasteiger partial charge in [0, 0.05) is 17.4 Å². The first kappa shape index (κ1) is 19.5. The minimum atomic E-state index is -3.67. The van der Waals surface area contributed by atoms with Crippen molar-refractivity contribution in [2.45, 2.75) is 18.2 Å². The highest BCUT2D eigenvalue weighted by atomic mass is 79.9. The minimum Gasteiger partial charge on any atom is -0.325 e. The molecule has 0 bridgehead atoms. The summed E-state index contributed by atoms with van der Waals surface area (Å²) in [4.78, 5) is 12.3. The van der Waals surface area contributed by atoms with Gasteiger partial charge in [-0.2, -0.15) is 0 Å². The van der Waals surface area contributed by atoms with E-state index in [9.17, 15) is 13.2 Å². The number of rotatable bonds is 6. The van der Waals surface area contributed by atoms with E-state index in [2.05, 4.69) is 26.0 Å². The molecule has 3 aromatic carbocycles. The Balaban J connectivity index is 1.60. The van der Waals surface area contributed by atoms with Gasteiger partial charge in [0.05, 0.1) is 10.6 Å². The Hall–Kier alpha value is -2.22. The SMILES string of the molecule is Cc1ccc(NC(=O)CCNS(=O)(=O)c2ccc3ccccc3c2)c(Br)c1. The molecular weight excluding hydrogens is 428 g/mol. The summed E-state index contributed by atoms with van der Waals surface area (Å²) in [5.74, 6) is -0.263. The lowest BCUT2D eigenvalue weighted by molar-refractivity contribution is -0.116. The molecule has 0 aromatic heterocycles. The maximum Gasteiger partial charge on any atom is 0.240 e. The summed E-state index contributed by atoms with van der Waals surface area (Å²) in [6.07, 6.45) is 0.0348.